The number of non-ortho nitro benzene ring substituents is 1. The number of nitro groups is 1. The minimum absolute atomic E-state index is 0.0397. The molecular formula is C19H16N4O6S3. The number of nitrogens with one attached hydrogen (secondary N) is 1. The van der Waals surface area contributed by atoms with Crippen molar-refractivity contribution in [1.29, 1.82) is 0 Å². The second-order valence-electron chi connectivity index (χ2n) is 6.55. The van der Waals surface area contributed by atoms with Gasteiger partial charge in [0.15, 0.2) is 0 Å². The van der Waals surface area contributed by atoms with Gasteiger partial charge in [-0.25, -0.2) is 13.6 Å². The lowest BCUT2D eigenvalue weighted by Crippen LogP contribution is -2.31. The summed E-state index contributed by atoms with van der Waals surface area (Å²) in [6, 6.07) is 11.2. The molecule has 13 heteroatoms. The van der Waals surface area contributed by atoms with Crippen LogP contribution < -0.4 is 10.5 Å². The Morgan fingerprint density at radius 3 is 2.56 bits per heavy atom. The molecule has 0 radical (unpaired) electrons. The lowest BCUT2D eigenvalue weighted by molar-refractivity contribution is -0.384. The Kier molecular flexibility index (Phi) is 7.03. The van der Waals surface area contributed by atoms with E-state index >= 15 is 0 Å². The number of carbonyl (C=O) groups is 2. The van der Waals surface area contributed by atoms with Crippen LogP contribution in [-0.4, -0.2) is 40.9 Å². The smallest absolute Gasteiger partial charge is 0.270 e. The number of nitrogens with zero attached hydrogens (tertiary/aromatic N) is 2. The minimum Gasteiger partial charge on any atom is -0.326 e. The number of carbonyl (C=O) groups excluding carboxylic acids is 2. The number of hydrogen-bond acceptors (Lipinski definition) is 8. The molecule has 0 bridgehead atoms. The number of rotatable bonds is 7. The highest BCUT2D eigenvalue weighted by Crippen LogP contribution is 2.33. The van der Waals surface area contributed by atoms with E-state index in [9.17, 15) is 28.1 Å². The van der Waals surface area contributed by atoms with E-state index in [0.29, 0.717) is 16.2 Å². The number of nitrogens with two attached hydrogens (primary N) is 1. The maximum atomic E-state index is 12.7. The second-order valence-corrected chi connectivity index (χ2v) is 9.79. The molecule has 2 amide bonds. The van der Waals surface area contributed by atoms with Gasteiger partial charge in [0.1, 0.15) is 4.32 Å². The van der Waals surface area contributed by atoms with E-state index < -0.39 is 26.8 Å². The quantitative estimate of drug-likeness (QED) is 0.259. The lowest BCUT2D eigenvalue weighted by atomic mass is 10.2. The molecule has 3 N–H and O–H groups in total. The highest BCUT2D eigenvalue weighted by molar-refractivity contribution is 8.26. The molecule has 1 aliphatic rings. The first kappa shape index (κ1) is 23.5. The average Bonchev–Trinajstić information content (AvgIpc) is 2.99. The molecule has 0 unspecified atom stereocenters. The maximum absolute atomic E-state index is 12.7. The summed E-state index contributed by atoms with van der Waals surface area (Å²) in [5.74, 6) is -0.790. The van der Waals surface area contributed by atoms with E-state index in [1.807, 2.05) is 0 Å². The van der Waals surface area contributed by atoms with Gasteiger partial charge in [0.2, 0.25) is 15.9 Å². The van der Waals surface area contributed by atoms with E-state index in [1.165, 1.54) is 53.4 Å². The Bertz CT molecular complexity index is 1240. The Hall–Kier alpha value is -3.13. The van der Waals surface area contributed by atoms with Crippen LogP contribution >= 0.6 is 24.0 Å². The summed E-state index contributed by atoms with van der Waals surface area (Å²) in [6.07, 6.45) is 1.47. The van der Waals surface area contributed by atoms with Gasteiger partial charge in [-0.05, 0) is 35.9 Å². The summed E-state index contributed by atoms with van der Waals surface area (Å²) < 4.78 is 22.8. The standard InChI is InChI=1S/C19H16N4O6S3/c20-32(28,29)15-6-4-13(5-7-15)21-17(24)8-9-22-18(25)16(31-19(22)30)11-12-2-1-3-14(10-12)23(26)27/h1-7,10-11H,8-9H2,(H,21,24)(H2,20,28,29)/b16-11-. The van der Waals surface area contributed by atoms with Gasteiger partial charge in [0.25, 0.3) is 11.6 Å². The number of primary sulfonamides is 1. The van der Waals surface area contributed by atoms with Crippen LogP contribution in [0.25, 0.3) is 6.08 Å². The van der Waals surface area contributed by atoms with E-state index in [1.54, 1.807) is 6.07 Å². The van der Waals surface area contributed by atoms with Gasteiger partial charge < -0.3 is 5.32 Å². The normalized spacial score (nSPS) is 15.3. The van der Waals surface area contributed by atoms with Crippen LogP contribution in [-0.2, 0) is 19.6 Å². The van der Waals surface area contributed by atoms with Crippen molar-refractivity contribution in [2.24, 2.45) is 5.14 Å². The summed E-state index contributed by atoms with van der Waals surface area (Å²) in [4.78, 5) is 36.8. The van der Waals surface area contributed by atoms with Gasteiger partial charge in [-0.2, -0.15) is 0 Å². The zero-order valence-electron chi connectivity index (χ0n) is 16.3. The summed E-state index contributed by atoms with van der Waals surface area (Å²) in [5, 5.41) is 18.5. The zero-order valence-corrected chi connectivity index (χ0v) is 18.7. The molecule has 1 fully saturated rings. The van der Waals surface area contributed by atoms with Gasteiger partial charge in [0.05, 0.1) is 14.7 Å². The van der Waals surface area contributed by atoms with Crippen molar-refractivity contribution in [3.05, 3.63) is 69.1 Å². The minimum atomic E-state index is -3.83. The highest BCUT2D eigenvalue weighted by Gasteiger charge is 2.32. The fourth-order valence-electron chi connectivity index (χ4n) is 2.74. The van der Waals surface area contributed by atoms with E-state index in [-0.39, 0.29) is 27.9 Å². The third kappa shape index (κ3) is 5.76. The number of thiocarbonyl (C=S) groups is 1. The lowest BCUT2D eigenvalue weighted by Gasteiger charge is -2.14. The monoisotopic (exact) mass is 492 g/mol. The summed E-state index contributed by atoms with van der Waals surface area (Å²) in [5.41, 5.74) is 0.765. The Balaban J connectivity index is 1.61. The number of benzene rings is 2. The number of nitro benzene ring substituents is 1. The molecule has 3 rings (SSSR count). The van der Waals surface area contributed by atoms with Crippen LogP contribution in [0.3, 0.4) is 0 Å². The Morgan fingerprint density at radius 1 is 1.25 bits per heavy atom. The third-order valence-electron chi connectivity index (χ3n) is 4.28. The predicted molar refractivity (Wildman–Crippen MR) is 124 cm³/mol. The number of thioether (sulfide) groups is 1. The van der Waals surface area contributed by atoms with Crippen molar-refractivity contribution in [3.63, 3.8) is 0 Å². The van der Waals surface area contributed by atoms with Crippen molar-refractivity contribution in [3.8, 4) is 0 Å². The molecular weight excluding hydrogens is 476 g/mol. The van der Waals surface area contributed by atoms with Crippen LogP contribution in [0.2, 0.25) is 0 Å². The number of anilines is 1. The molecule has 0 saturated carbocycles. The number of amides is 2. The summed E-state index contributed by atoms with van der Waals surface area (Å²) in [6.45, 7) is 0.0397. The van der Waals surface area contributed by atoms with Crippen molar-refractivity contribution < 1.29 is 22.9 Å². The van der Waals surface area contributed by atoms with Gasteiger partial charge in [-0.3, -0.25) is 24.6 Å². The number of hydrogen-bond donors (Lipinski definition) is 2. The Morgan fingerprint density at radius 2 is 1.94 bits per heavy atom. The first-order chi connectivity index (χ1) is 15.0. The predicted octanol–water partition coefficient (Wildman–Crippen LogP) is 2.47. The number of sulfonamides is 1. The molecule has 166 valence electrons. The van der Waals surface area contributed by atoms with Crippen LogP contribution in [0.15, 0.2) is 58.3 Å². The molecule has 1 heterocycles. The topological polar surface area (TPSA) is 153 Å². The molecule has 0 spiro atoms. The van der Waals surface area contributed by atoms with Crippen molar-refractivity contribution in [2.45, 2.75) is 11.3 Å². The fourth-order valence-corrected chi connectivity index (χ4v) is 4.56. The molecule has 0 aromatic heterocycles. The molecule has 10 nitrogen and oxygen atoms in total. The van der Waals surface area contributed by atoms with Crippen LogP contribution in [0.1, 0.15) is 12.0 Å². The molecule has 0 atom stereocenters. The molecule has 1 aliphatic heterocycles. The third-order valence-corrected chi connectivity index (χ3v) is 6.59. The van der Waals surface area contributed by atoms with E-state index in [2.05, 4.69) is 5.32 Å². The SMILES string of the molecule is NS(=O)(=O)c1ccc(NC(=O)CCN2C(=O)/C(=C/c3cccc([N+](=O)[O-])c3)SC2=S)cc1. The van der Waals surface area contributed by atoms with Gasteiger partial charge >= 0.3 is 0 Å². The van der Waals surface area contributed by atoms with Crippen LogP contribution in [0, 0.1) is 10.1 Å². The molecule has 2 aromatic rings. The van der Waals surface area contributed by atoms with Crippen molar-refractivity contribution in [2.75, 3.05) is 11.9 Å². The largest absolute Gasteiger partial charge is 0.326 e. The highest BCUT2D eigenvalue weighted by atomic mass is 32.2. The average molecular weight is 493 g/mol. The first-order valence-electron chi connectivity index (χ1n) is 8.97. The summed E-state index contributed by atoms with van der Waals surface area (Å²) >= 11 is 6.28. The van der Waals surface area contributed by atoms with Gasteiger partial charge in [-0.1, -0.05) is 36.1 Å². The second kappa shape index (κ2) is 9.56. The van der Waals surface area contributed by atoms with E-state index in [0.717, 1.165) is 11.8 Å². The Labute approximate surface area is 192 Å². The summed E-state index contributed by atoms with van der Waals surface area (Å²) in [7, 11) is -3.83. The van der Waals surface area contributed by atoms with Gasteiger partial charge in [-0.15, -0.1) is 0 Å². The van der Waals surface area contributed by atoms with E-state index in [4.69, 9.17) is 17.4 Å². The van der Waals surface area contributed by atoms with Crippen LogP contribution in [0.4, 0.5) is 11.4 Å². The van der Waals surface area contributed by atoms with Crippen molar-refractivity contribution in [1.82, 2.24) is 4.90 Å². The first-order valence-corrected chi connectivity index (χ1v) is 11.7. The molecule has 32 heavy (non-hydrogen) atoms. The molecule has 2 aromatic carbocycles. The molecule has 1 saturated heterocycles. The molecule has 0 aliphatic carbocycles. The van der Waals surface area contributed by atoms with Gasteiger partial charge in [0, 0.05) is 30.8 Å². The van der Waals surface area contributed by atoms with Crippen LogP contribution in [0.5, 0.6) is 0 Å². The fraction of sp³-hybridized carbons (Fsp3) is 0.105. The maximum Gasteiger partial charge on any atom is 0.270 e. The zero-order chi connectivity index (χ0) is 23.5. The van der Waals surface area contributed by atoms with Crippen molar-refractivity contribution >= 4 is 67.6 Å².